The maximum absolute atomic E-state index is 12.0. The largest absolute Gasteiger partial charge is 0.459 e. The molecule has 1 saturated heterocycles. The van der Waals surface area contributed by atoms with E-state index in [0.29, 0.717) is 18.7 Å². The predicted molar refractivity (Wildman–Crippen MR) is 90.2 cm³/mol. The van der Waals surface area contributed by atoms with Gasteiger partial charge < -0.3 is 20.7 Å². The van der Waals surface area contributed by atoms with Gasteiger partial charge in [0, 0.05) is 12.2 Å². The third-order valence-corrected chi connectivity index (χ3v) is 3.71. The number of ether oxygens (including phenoxy) is 1. The molecule has 0 aromatic heterocycles. The average molecular weight is 354 g/mol. The van der Waals surface area contributed by atoms with Gasteiger partial charge in [-0.2, -0.15) is 0 Å². The predicted octanol–water partition coefficient (Wildman–Crippen LogP) is 2.31. The molecule has 0 saturated carbocycles. The monoisotopic (exact) mass is 353 g/mol. The minimum atomic E-state index is -0.564. The number of benzene rings is 1. The van der Waals surface area contributed by atoms with Crippen molar-refractivity contribution in [2.75, 3.05) is 11.9 Å². The number of hydrogen-bond donors (Lipinski definition) is 3. The number of urea groups is 1. The van der Waals surface area contributed by atoms with Crippen molar-refractivity contribution >= 4 is 35.2 Å². The van der Waals surface area contributed by atoms with Crippen LogP contribution in [0.1, 0.15) is 37.0 Å². The van der Waals surface area contributed by atoms with Crippen molar-refractivity contribution in [3.8, 4) is 0 Å². The molecule has 0 bridgehead atoms. The molecular weight excluding hydrogens is 334 g/mol. The van der Waals surface area contributed by atoms with E-state index in [9.17, 15) is 14.4 Å². The average Bonchev–Trinajstić information content (AvgIpc) is 2.50. The van der Waals surface area contributed by atoms with Crippen LogP contribution in [0.15, 0.2) is 18.2 Å². The SMILES string of the molecule is CC(C)OC(=O)c1cc(NC(=O)NC2CCCNC2=O)ccc1Cl. The molecule has 0 spiro atoms. The molecule has 1 heterocycles. The Morgan fingerprint density at radius 1 is 1.38 bits per heavy atom. The molecule has 8 heteroatoms. The van der Waals surface area contributed by atoms with Crippen molar-refractivity contribution in [2.24, 2.45) is 0 Å². The van der Waals surface area contributed by atoms with Crippen molar-refractivity contribution < 1.29 is 19.1 Å². The maximum atomic E-state index is 12.0. The summed E-state index contributed by atoms with van der Waals surface area (Å²) in [5, 5.41) is 8.12. The van der Waals surface area contributed by atoms with Crippen molar-refractivity contribution in [1.29, 1.82) is 0 Å². The molecular formula is C16H20ClN3O4. The number of carbonyl (C=O) groups is 3. The smallest absolute Gasteiger partial charge is 0.339 e. The third kappa shape index (κ3) is 4.86. The zero-order chi connectivity index (χ0) is 17.7. The maximum Gasteiger partial charge on any atom is 0.339 e. The molecule has 1 aliphatic rings. The molecule has 1 aromatic carbocycles. The van der Waals surface area contributed by atoms with E-state index in [-0.39, 0.29) is 22.6 Å². The number of esters is 1. The highest BCUT2D eigenvalue weighted by atomic mass is 35.5. The summed E-state index contributed by atoms with van der Waals surface area (Å²) in [5.41, 5.74) is 0.544. The van der Waals surface area contributed by atoms with E-state index in [2.05, 4.69) is 16.0 Å². The highest BCUT2D eigenvalue weighted by Gasteiger charge is 2.23. The molecule has 1 fully saturated rings. The Balaban J connectivity index is 2.02. The van der Waals surface area contributed by atoms with Crippen molar-refractivity contribution in [3.63, 3.8) is 0 Å². The highest BCUT2D eigenvalue weighted by Crippen LogP contribution is 2.22. The van der Waals surface area contributed by atoms with E-state index in [1.807, 2.05) is 0 Å². The van der Waals surface area contributed by atoms with Gasteiger partial charge in [0.25, 0.3) is 0 Å². The van der Waals surface area contributed by atoms with Gasteiger partial charge in [-0.3, -0.25) is 4.79 Å². The number of amides is 3. The van der Waals surface area contributed by atoms with Crippen LogP contribution in [0.5, 0.6) is 0 Å². The van der Waals surface area contributed by atoms with Gasteiger partial charge in [-0.1, -0.05) is 11.6 Å². The second-order valence-corrected chi connectivity index (χ2v) is 6.14. The van der Waals surface area contributed by atoms with E-state index in [4.69, 9.17) is 16.3 Å². The minimum absolute atomic E-state index is 0.165. The number of carbonyl (C=O) groups excluding carboxylic acids is 3. The summed E-state index contributed by atoms with van der Waals surface area (Å²) in [5.74, 6) is -0.764. The van der Waals surface area contributed by atoms with Crippen LogP contribution in [0.3, 0.4) is 0 Å². The lowest BCUT2D eigenvalue weighted by molar-refractivity contribution is -0.124. The van der Waals surface area contributed by atoms with Crippen LogP contribution in [0.25, 0.3) is 0 Å². The van der Waals surface area contributed by atoms with Crippen molar-refractivity contribution in [1.82, 2.24) is 10.6 Å². The van der Waals surface area contributed by atoms with E-state index in [1.165, 1.54) is 12.1 Å². The molecule has 1 atom stereocenters. The first-order valence-corrected chi connectivity index (χ1v) is 8.10. The van der Waals surface area contributed by atoms with Crippen LogP contribution in [-0.2, 0) is 9.53 Å². The lowest BCUT2D eigenvalue weighted by Gasteiger charge is -2.22. The summed E-state index contributed by atoms with van der Waals surface area (Å²) in [6.45, 7) is 4.09. The van der Waals surface area contributed by atoms with Crippen LogP contribution in [0.4, 0.5) is 10.5 Å². The second-order valence-electron chi connectivity index (χ2n) is 5.73. The zero-order valence-electron chi connectivity index (χ0n) is 13.5. The van der Waals surface area contributed by atoms with Gasteiger partial charge in [0.1, 0.15) is 6.04 Å². The molecule has 130 valence electrons. The van der Waals surface area contributed by atoms with E-state index in [0.717, 1.165) is 6.42 Å². The molecule has 0 aliphatic carbocycles. The van der Waals surface area contributed by atoms with Gasteiger partial charge in [-0.15, -0.1) is 0 Å². The normalized spacial score (nSPS) is 17.2. The molecule has 0 radical (unpaired) electrons. The van der Waals surface area contributed by atoms with Crippen molar-refractivity contribution in [3.05, 3.63) is 28.8 Å². The molecule has 1 unspecified atom stereocenters. The topological polar surface area (TPSA) is 96.5 Å². The Labute approximate surface area is 145 Å². The second kappa shape index (κ2) is 8.01. The fourth-order valence-electron chi connectivity index (χ4n) is 2.27. The Morgan fingerprint density at radius 2 is 2.12 bits per heavy atom. The quantitative estimate of drug-likeness (QED) is 0.723. The minimum Gasteiger partial charge on any atom is -0.459 e. The van der Waals surface area contributed by atoms with Gasteiger partial charge in [0.15, 0.2) is 0 Å². The Morgan fingerprint density at radius 3 is 2.79 bits per heavy atom. The van der Waals surface area contributed by atoms with Crippen LogP contribution < -0.4 is 16.0 Å². The molecule has 1 aliphatic heterocycles. The highest BCUT2D eigenvalue weighted by molar-refractivity contribution is 6.33. The van der Waals surface area contributed by atoms with E-state index in [1.54, 1.807) is 19.9 Å². The lowest BCUT2D eigenvalue weighted by Crippen LogP contribution is -2.51. The zero-order valence-corrected chi connectivity index (χ0v) is 14.3. The Kier molecular flexibility index (Phi) is 6.03. The number of piperidine rings is 1. The van der Waals surface area contributed by atoms with Gasteiger partial charge >= 0.3 is 12.0 Å². The van der Waals surface area contributed by atoms with E-state index < -0.39 is 18.0 Å². The molecule has 1 aromatic rings. The van der Waals surface area contributed by atoms with Crippen LogP contribution >= 0.6 is 11.6 Å². The summed E-state index contributed by atoms with van der Waals surface area (Å²) in [7, 11) is 0. The first kappa shape index (κ1) is 18.1. The summed E-state index contributed by atoms with van der Waals surface area (Å²) < 4.78 is 5.11. The molecule has 3 N–H and O–H groups in total. The number of nitrogens with one attached hydrogen (secondary N) is 3. The summed E-state index contributed by atoms with van der Waals surface area (Å²) in [4.78, 5) is 35.6. The first-order chi connectivity index (χ1) is 11.4. The van der Waals surface area contributed by atoms with Crippen LogP contribution in [0.2, 0.25) is 5.02 Å². The molecule has 24 heavy (non-hydrogen) atoms. The van der Waals surface area contributed by atoms with E-state index >= 15 is 0 Å². The van der Waals surface area contributed by atoms with Gasteiger partial charge in [-0.25, -0.2) is 9.59 Å². The van der Waals surface area contributed by atoms with Gasteiger partial charge in [0.05, 0.1) is 16.7 Å². The summed E-state index contributed by atoms with van der Waals surface area (Å²) in [6.07, 6.45) is 1.12. The molecule has 2 rings (SSSR count). The number of rotatable bonds is 4. The fraction of sp³-hybridized carbons (Fsp3) is 0.438. The number of halogens is 1. The molecule has 3 amide bonds. The van der Waals surface area contributed by atoms with Crippen LogP contribution in [0, 0.1) is 0 Å². The number of hydrogen-bond acceptors (Lipinski definition) is 4. The van der Waals surface area contributed by atoms with Gasteiger partial charge in [-0.05, 0) is 44.9 Å². The van der Waals surface area contributed by atoms with Gasteiger partial charge in [0.2, 0.25) is 5.91 Å². The standard InChI is InChI=1S/C16H20ClN3O4/c1-9(2)24-15(22)11-8-10(5-6-12(11)17)19-16(23)20-13-4-3-7-18-14(13)21/h5-6,8-9,13H,3-4,7H2,1-2H3,(H,18,21)(H2,19,20,23). The summed E-state index contributed by atoms with van der Waals surface area (Å²) in [6, 6.07) is 3.42. The molecule has 7 nitrogen and oxygen atoms in total. The Hall–Kier alpha value is -2.28. The number of anilines is 1. The summed E-state index contributed by atoms with van der Waals surface area (Å²) >= 11 is 6.00. The lowest BCUT2D eigenvalue weighted by atomic mass is 10.1. The fourth-order valence-corrected chi connectivity index (χ4v) is 2.47. The first-order valence-electron chi connectivity index (χ1n) is 7.72. The third-order valence-electron chi connectivity index (χ3n) is 3.38. The van der Waals surface area contributed by atoms with Crippen LogP contribution in [-0.4, -0.2) is 36.6 Å². The Bertz CT molecular complexity index is 648. The van der Waals surface area contributed by atoms with Crippen molar-refractivity contribution in [2.45, 2.75) is 38.8 Å².